The zero-order valence-corrected chi connectivity index (χ0v) is 10.3. The highest BCUT2D eigenvalue weighted by molar-refractivity contribution is 9.10. The van der Waals surface area contributed by atoms with Crippen molar-refractivity contribution >= 4 is 15.9 Å². The van der Waals surface area contributed by atoms with Crippen molar-refractivity contribution < 1.29 is 13.2 Å². The van der Waals surface area contributed by atoms with Crippen molar-refractivity contribution in [3.8, 4) is 11.4 Å². The maximum Gasteiger partial charge on any atom is 0.416 e. The molecule has 0 saturated carbocycles. The lowest BCUT2D eigenvalue weighted by Gasteiger charge is -2.07. The maximum absolute atomic E-state index is 12.4. The lowest BCUT2D eigenvalue weighted by Crippen LogP contribution is -2.09. The van der Waals surface area contributed by atoms with E-state index >= 15 is 0 Å². The number of aromatic nitrogens is 2. The molecule has 7 heteroatoms. The van der Waals surface area contributed by atoms with Gasteiger partial charge in [-0.15, -0.1) is 0 Å². The summed E-state index contributed by atoms with van der Waals surface area (Å²) in [7, 11) is 0. The Balaban J connectivity index is 2.40. The van der Waals surface area contributed by atoms with E-state index in [1.165, 1.54) is 18.3 Å². The summed E-state index contributed by atoms with van der Waals surface area (Å²) < 4.78 is 37.3. The van der Waals surface area contributed by atoms with Gasteiger partial charge in [-0.05, 0) is 28.1 Å². The number of nitrogens with one attached hydrogen (secondary N) is 1. The van der Waals surface area contributed by atoms with Crippen LogP contribution in [-0.2, 0) is 6.18 Å². The molecular formula is C11H6BrF3N2O. The van der Waals surface area contributed by atoms with Gasteiger partial charge < -0.3 is 4.98 Å². The number of hydrogen-bond donors (Lipinski definition) is 1. The lowest BCUT2D eigenvalue weighted by molar-refractivity contribution is -0.137. The van der Waals surface area contributed by atoms with E-state index in [4.69, 9.17) is 0 Å². The van der Waals surface area contributed by atoms with E-state index in [-0.39, 0.29) is 15.9 Å². The summed E-state index contributed by atoms with van der Waals surface area (Å²) in [6, 6.07) is 4.40. The van der Waals surface area contributed by atoms with Gasteiger partial charge in [-0.2, -0.15) is 13.2 Å². The Kier molecular flexibility index (Phi) is 3.25. The van der Waals surface area contributed by atoms with Gasteiger partial charge in [-0.25, -0.2) is 4.98 Å². The van der Waals surface area contributed by atoms with Crippen LogP contribution in [0.3, 0.4) is 0 Å². The van der Waals surface area contributed by atoms with Gasteiger partial charge in [-0.3, -0.25) is 4.79 Å². The highest BCUT2D eigenvalue weighted by Crippen LogP contribution is 2.30. The number of alkyl halides is 3. The zero-order valence-electron chi connectivity index (χ0n) is 8.75. The van der Waals surface area contributed by atoms with Crippen LogP contribution in [0.15, 0.2) is 39.7 Å². The number of nitrogens with zero attached hydrogens (tertiary/aromatic N) is 1. The Hall–Kier alpha value is -1.63. The number of benzene rings is 1. The van der Waals surface area contributed by atoms with Crippen molar-refractivity contribution in [2.24, 2.45) is 0 Å². The fourth-order valence-electron chi connectivity index (χ4n) is 1.34. The Bertz CT molecular complexity index is 619. The van der Waals surface area contributed by atoms with Gasteiger partial charge in [0.05, 0.1) is 5.56 Å². The zero-order chi connectivity index (χ0) is 13.3. The first-order valence-electron chi connectivity index (χ1n) is 4.80. The number of aromatic amines is 1. The summed E-state index contributed by atoms with van der Waals surface area (Å²) in [6.45, 7) is 0. The number of rotatable bonds is 1. The molecule has 0 spiro atoms. The fourth-order valence-corrected chi connectivity index (χ4v) is 1.54. The normalized spacial score (nSPS) is 11.6. The first-order chi connectivity index (χ1) is 8.38. The van der Waals surface area contributed by atoms with E-state index in [0.717, 1.165) is 12.1 Å². The van der Waals surface area contributed by atoms with E-state index in [9.17, 15) is 18.0 Å². The molecule has 0 saturated heterocycles. The Morgan fingerprint density at radius 1 is 1.17 bits per heavy atom. The summed E-state index contributed by atoms with van der Waals surface area (Å²) >= 11 is 2.98. The van der Waals surface area contributed by atoms with Crippen LogP contribution >= 0.6 is 15.9 Å². The molecule has 3 nitrogen and oxygen atoms in total. The molecule has 0 bridgehead atoms. The smallest absolute Gasteiger partial charge is 0.306 e. The molecule has 0 aliphatic rings. The molecule has 2 rings (SSSR count). The summed E-state index contributed by atoms with van der Waals surface area (Å²) in [6.07, 6.45) is -3.08. The van der Waals surface area contributed by atoms with Crippen molar-refractivity contribution in [2.45, 2.75) is 6.18 Å². The predicted molar refractivity (Wildman–Crippen MR) is 63.0 cm³/mol. The van der Waals surface area contributed by atoms with Crippen molar-refractivity contribution in [3.05, 3.63) is 50.9 Å². The third-order valence-corrected chi connectivity index (χ3v) is 2.81. The van der Waals surface area contributed by atoms with Crippen molar-refractivity contribution in [1.29, 1.82) is 0 Å². The van der Waals surface area contributed by atoms with Crippen LogP contribution in [0.1, 0.15) is 5.56 Å². The second-order valence-corrected chi connectivity index (χ2v) is 4.34. The molecule has 0 aliphatic heterocycles. The molecule has 0 atom stereocenters. The molecule has 2 aromatic rings. The first-order valence-corrected chi connectivity index (χ1v) is 5.59. The Morgan fingerprint density at radius 2 is 1.78 bits per heavy atom. The van der Waals surface area contributed by atoms with E-state index in [1.54, 1.807) is 0 Å². The largest absolute Gasteiger partial charge is 0.416 e. The monoisotopic (exact) mass is 318 g/mol. The molecular weight excluding hydrogens is 313 g/mol. The second-order valence-electron chi connectivity index (χ2n) is 3.48. The number of H-pyrrole nitrogens is 1. The van der Waals surface area contributed by atoms with Gasteiger partial charge in [0.2, 0.25) is 0 Å². The van der Waals surface area contributed by atoms with Crippen molar-refractivity contribution in [3.63, 3.8) is 0 Å². The fraction of sp³-hybridized carbons (Fsp3) is 0.0909. The second kappa shape index (κ2) is 4.56. The van der Waals surface area contributed by atoms with Crippen molar-refractivity contribution in [2.75, 3.05) is 0 Å². The predicted octanol–water partition coefficient (Wildman–Crippen LogP) is 3.22. The van der Waals surface area contributed by atoms with E-state index in [0.29, 0.717) is 5.56 Å². The van der Waals surface area contributed by atoms with Crippen LogP contribution in [0, 0.1) is 0 Å². The van der Waals surface area contributed by atoms with Crippen LogP contribution in [-0.4, -0.2) is 9.97 Å². The van der Waals surface area contributed by atoms with E-state index in [1.807, 2.05) is 0 Å². The van der Waals surface area contributed by atoms with Crippen LogP contribution < -0.4 is 5.56 Å². The highest BCUT2D eigenvalue weighted by Gasteiger charge is 2.30. The lowest BCUT2D eigenvalue weighted by atomic mass is 10.1. The third kappa shape index (κ3) is 2.61. The molecule has 0 aliphatic carbocycles. The van der Waals surface area contributed by atoms with Crippen LogP contribution in [0.2, 0.25) is 0 Å². The standard InChI is InChI=1S/C11H6BrF3N2O/c12-8-5-16-9(17-10(8)18)6-1-3-7(4-2-6)11(13,14)15/h1-5H,(H,16,17,18). The molecule has 0 unspecified atom stereocenters. The quantitative estimate of drug-likeness (QED) is 0.877. The van der Waals surface area contributed by atoms with Crippen LogP contribution in [0.25, 0.3) is 11.4 Å². The maximum atomic E-state index is 12.4. The minimum Gasteiger partial charge on any atom is -0.306 e. The van der Waals surface area contributed by atoms with Crippen molar-refractivity contribution in [1.82, 2.24) is 9.97 Å². The topological polar surface area (TPSA) is 45.8 Å². The molecule has 1 N–H and O–H groups in total. The third-order valence-electron chi connectivity index (χ3n) is 2.24. The summed E-state index contributed by atoms with van der Waals surface area (Å²) in [5.41, 5.74) is -0.724. The van der Waals surface area contributed by atoms with Gasteiger partial charge in [0.15, 0.2) is 0 Å². The Labute approximate surface area is 108 Å². The summed E-state index contributed by atoms with van der Waals surface area (Å²) in [4.78, 5) is 17.7. The minimum atomic E-state index is -4.38. The molecule has 1 aromatic carbocycles. The van der Waals surface area contributed by atoms with E-state index < -0.39 is 11.7 Å². The minimum absolute atomic E-state index is 0.219. The van der Waals surface area contributed by atoms with Gasteiger partial charge in [0.1, 0.15) is 10.3 Å². The molecule has 0 amide bonds. The molecule has 0 radical (unpaired) electrons. The molecule has 1 heterocycles. The molecule has 1 aromatic heterocycles. The Morgan fingerprint density at radius 3 is 2.28 bits per heavy atom. The van der Waals surface area contributed by atoms with Gasteiger partial charge >= 0.3 is 6.18 Å². The SMILES string of the molecule is O=c1[nH]c(-c2ccc(C(F)(F)F)cc2)ncc1Br. The highest BCUT2D eigenvalue weighted by atomic mass is 79.9. The molecule has 0 fully saturated rings. The average molecular weight is 319 g/mol. The van der Waals surface area contributed by atoms with Gasteiger partial charge in [0.25, 0.3) is 5.56 Å². The number of hydrogen-bond acceptors (Lipinski definition) is 2. The summed E-state index contributed by atoms with van der Waals surface area (Å²) in [5.74, 6) is 0.219. The first kappa shape index (κ1) is 12.8. The average Bonchev–Trinajstić information content (AvgIpc) is 2.32. The van der Waals surface area contributed by atoms with E-state index in [2.05, 4.69) is 25.9 Å². The number of halogens is 4. The van der Waals surface area contributed by atoms with Crippen LogP contribution in [0.5, 0.6) is 0 Å². The van der Waals surface area contributed by atoms with Gasteiger partial charge in [0, 0.05) is 11.8 Å². The van der Waals surface area contributed by atoms with Gasteiger partial charge in [-0.1, -0.05) is 12.1 Å². The van der Waals surface area contributed by atoms with Crippen LogP contribution in [0.4, 0.5) is 13.2 Å². The summed E-state index contributed by atoms with van der Waals surface area (Å²) in [5, 5.41) is 0. The molecule has 18 heavy (non-hydrogen) atoms. The molecule has 94 valence electrons.